The van der Waals surface area contributed by atoms with Gasteiger partial charge in [0.2, 0.25) is 0 Å². The van der Waals surface area contributed by atoms with E-state index in [0.717, 1.165) is 18.2 Å². The molecule has 0 bridgehead atoms. The fraction of sp³-hybridized carbons (Fsp3) is 1.00. The van der Waals surface area contributed by atoms with E-state index in [-0.39, 0.29) is 0 Å². The van der Waals surface area contributed by atoms with E-state index in [2.05, 4.69) is 12.2 Å². The summed E-state index contributed by atoms with van der Waals surface area (Å²) in [5, 5.41) is 3.59. The molecule has 0 aliphatic heterocycles. The van der Waals surface area contributed by atoms with Crippen LogP contribution in [0.25, 0.3) is 0 Å². The molecule has 1 rings (SSSR count). The average Bonchev–Trinajstić information content (AvgIpc) is 2.00. The lowest BCUT2D eigenvalue weighted by Gasteiger charge is -2.27. The van der Waals surface area contributed by atoms with Crippen LogP contribution in [0.2, 0.25) is 0 Å². The van der Waals surface area contributed by atoms with E-state index in [1.807, 2.05) is 0 Å². The molecule has 1 nitrogen and oxygen atoms in total. The van der Waals surface area contributed by atoms with E-state index in [9.17, 15) is 0 Å². The highest BCUT2D eigenvalue weighted by atomic mass is 35.5. The number of hydrogen-bond acceptors (Lipinski definition) is 1. The van der Waals surface area contributed by atoms with Gasteiger partial charge in [0, 0.05) is 11.9 Å². The second-order valence-corrected chi connectivity index (χ2v) is 4.17. The van der Waals surface area contributed by atoms with Crippen LogP contribution in [0.15, 0.2) is 0 Å². The summed E-state index contributed by atoms with van der Waals surface area (Å²) in [4.78, 5) is 0. The monoisotopic (exact) mass is 189 g/mol. The first-order chi connectivity index (χ1) is 5.86. The highest BCUT2D eigenvalue weighted by Crippen LogP contribution is 2.25. The van der Waals surface area contributed by atoms with Gasteiger partial charge in [0.1, 0.15) is 0 Å². The van der Waals surface area contributed by atoms with Crippen molar-refractivity contribution >= 4 is 11.6 Å². The Balaban J connectivity index is 2.01. The van der Waals surface area contributed by atoms with Gasteiger partial charge in [-0.15, -0.1) is 11.6 Å². The zero-order valence-electron chi connectivity index (χ0n) is 7.98. The van der Waals surface area contributed by atoms with E-state index in [4.69, 9.17) is 11.6 Å². The Bertz CT molecular complexity index is 112. The number of nitrogens with one attached hydrogen (secondary N) is 1. The maximum absolute atomic E-state index is 5.70. The van der Waals surface area contributed by atoms with E-state index in [1.54, 1.807) is 0 Å². The number of alkyl halides is 1. The molecule has 1 unspecified atom stereocenters. The summed E-state index contributed by atoms with van der Waals surface area (Å²) in [6.45, 7) is 3.44. The topological polar surface area (TPSA) is 12.0 Å². The first-order valence-corrected chi connectivity index (χ1v) is 5.69. The zero-order chi connectivity index (χ0) is 8.81. The summed E-state index contributed by atoms with van der Waals surface area (Å²) >= 11 is 5.70. The second kappa shape index (κ2) is 5.82. The van der Waals surface area contributed by atoms with Gasteiger partial charge in [0.05, 0.1) is 0 Å². The highest BCUT2D eigenvalue weighted by Gasteiger charge is 2.17. The van der Waals surface area contributed by atoms with Crippen LogP contribution in [0.5, 0.6) is 0 Å². The molecule has 1 aliphatic carbocycles. The summed E-state index contributed by atoms with van der Waals surface area (Å²) in [6, 6.07) is 0.656. The van der Waals surface area contributed by atoms with Crippen LogP contribution in [0.1, 0.15) is 39.0 Å². The normalized spacial score (nSPS) is 20.5. The van der Waals surface area contributed by atoms with Crippen molar-refractivity contribution in [2.24, 2.45) is 5.92 Å². The average molecular weight is 190 g/mol. The Morgan fingerprint density at radius 2 is 2.25 bits per heavy atom. The minimum atomic E-state index is 0.656. The Labute approximate surface area is 80.9 Å². The molecule has 1 saturated carbocycles. The zero-order valence-corrected chi connectivity index (χ0v) is 8.74. The first kappa shape index (κ1) is 10.3. The molecule has 0 spiro atoms. The molecule has 72 valence electrons. The summed E-state index contributed by atoms with van der Waals surface area (Å²) in [6.07, 6.45) is 6.64. The fourth-order valence-electron chi connectivity index (χ4n) is 1.61. The third kappa shape index (κ3) is 3.32. The van der Waals surface area contributed by atoms with Gasteiger partial charge in [-0.05, 0) is 38.1 Å². The second-order valence-electron chi connectivity index (χ2n) is 3.79. The van der Waals surface area contributed by atoms with Crippen molar-refractivity contribution in [2.45, 2.75) is 45.1 Å². The molecule has 1 atom stereocenters. The molecule has 0 heterocycles. The molecule has 0 radical (unpaired) electrons. The third-order valence-electron chi connectivity index (χ3n) is 2.87. The van der Waals surface area contributed by atoms with Crippen LogP contribution in [0.4, 0.5) is 0 Å². The lowest BCUT2D eigenvalue weighted by atomic mass is 9.85. The summed E-state index contributed by atoms with van der Waals surface area (Å²) in [7, 11) is 0. The van der Waals surface area contributed by atoms with E-state index < -0.39 is 0 Å². The van der Waals surface area contributed by atoms with Crippen LogP contribution in [-0.2, 0) is 0 Å². The first-order valence-electron chi connectivity index (χ1n) is 5.16. The predicted octanol–water partition coefficient (Wildman–Crippen LogP) is 2.78. The molecule has 2 heteroatoms. The molecule has 0 aromatic carbocycles. The summed E-state index contributed by atoms with van der Waals surface area (Å²) < 4.78 is 0. The van der Waals surface area contributed by atoms with E-state index in [1.165, 1.54) is 32.2 Å². The molecule has 1 fully saturated rings. The van der Waals surface area contributed by atoms with Gasteiger partial charge in [-0.2, -0.15) is 0 Å². The summed E-state index contributed by atoms with van der Waals surface area (Å²) in [5.74, 6) is 1.75. The number of halogens is 1. The third-order valence-corrected chi connectivity index (χ3v) is 3.09. The van der Waals surface area contributed by atoms with Gasteiger partial charge in [0.15, 0.2) is 0 Å². The van der Waals surface area contributed by atoms with Crippen molar-refractivity contribution in [3.63, 3.8) is 0 Å². The van der Waals surface area contributed by atoms with Crippen LogP contribution in [0.3, 0.4) is 0 Å². The Morgan fingerprint density at radius 3 is 2.67 bits per heavy atom. The van der Waals surface area contributed by atoms with Crippen molar-refractivity contribution in [2.75, 3.05) is 12.4 Å². The Hall–Kier alpha value is 0.250. The van der Waals surface area contributed by atoms with Gasteiger partial charge >= 0.3 is 0 Å². The molecule has 0 aromatic rings. The van der Waals surface area contributed by atoms with Gasteiger partial charge in [-0.1, -0.05) is 13.3 Å². The number of rotatable bonds is 6. The molecule has 1 N–H and O–H groups in total. The van der Waals surface area contributed by atoms with Crippen LogP contribution in [0, 0.1) is 5.92 Å². The SMILES string of the molecule is CCC(CCCl)NCC1CCC1. The van der Waals surface area contributed by atoms with Gasteiger partial charge in [-0.3, -0.25) is 0 Å². The van der Waals surface area contributed by atoms with Crippen molar-refractivity contribution in [1.82, 2.24) is 5.32 Å². The molecule has 0 aromatic heterocycles. The van der Waals surface area contributed by atoms with E-state index in [0.29, 0.717) is 6.04 Å². The van der Waals surface area contributed by atoms with Gasteiger partial charge in [0.25, 0.3) is 0 Å². The standard InChI is InChI=1S/C10H20ClN/c1-2-10(6-7-11)12-8-9-4-3-5-9/h9-10,12H,2-8H2,1H3. The summed E-state index contributed by atoms with van der Waals surface area (Å²) in [5.41, 5.74) is 0. The lowest BCUT2D eigenvalue weighted by Crippen LogP contribution is -2.35. The predicted molar refractivity (Wildman–Crippen MR) is 54.8 cm³/mol. The van der Waals surface area contributed by atoms with E-state index >= 15 is 0 Å². The van der Waals surface area contributed by atoms with Crippen molar-refractivity contribution in [3.8, 4) is 0 Å². The largest absolute Gasteiger partial charge is 0.314 e. The maximum atomic E-state index is 5.70. The lowest BCUT2D eigenvalue weighted by molar-refractivity contribution is 0.285. The van der Waals surface area contributed by atoms with Gasteiger partial charge < -0.3 is 5.32 Å². The van der Waals surface area contributed by atoms with Crippen molar-refractivity contribution < 1.29 is 0 Å². The molecular formula is C10H20ClN. The molecule has 0 amide bonds. The quantitative estimate of drug-likeness (QED) is 0.634. The molecular weight excluding hydrogens is 170 g/mol. The van der Waals surface area contributed by atoms with Gasteiger partial charge in [-0.25, -0.2) is 0 Å². The minimum Gasteiger partial charge on any atom is -0.314 e. The van der Waals surface area contributed by atoms with Crippen molar-refractivity contribution in [3.05, 3.63) is 0 Å². The number of hydrogen-bond donors (Lipinski definition) is 1. The minimum absolute atomic E-state index is 0.656. The smallest absolute Gasteiger partial charge is 0.0238 e. The van der Waals surface area contributed by atoms with Crippen LogP contribution >= 0.6 is 11.6 Å². The Kier molecular flexibility index (Phi) is 5.01. The highest BCUT2D eigenvalue weighted by molar-refractivity contribution is 6.17. The molecule has 0 saturated heterocycles. The van der Waals surface area contributed by atoms with Crippen LogP contribution < -0.4 is 5.32 Å². The van der Waals surface area contributed by atoms with Crippen molar-refractivity contribution in [1.29, 1.82) is 0 Å². The Morgan fingerprint density at radius 1 is 1.50 bits per heavy atom. The van der Waals surface area contributed by atoms with Crippen LogP contribution in [-0.4, -0.2) is 18.5 Å². The molecule has 1 aliphatic rings. The molecule has 12 heavy (non-hydrogen) atoms. The fourth-order valence-corrected chi connectivity index (χ4v) is 1.88. The maximum Gasteiger partial charge on any atom is 0.0238 e.